The first-order valence-electron chi connectivity index (χ1n) is 7.36. The summed E-state index contributed by atoms with van der Waals surface area (Å²) in [5, 5.41) is 2.87. The predicted molar refractivity (Wildman–Crippen MR) is 76.1 cm³/mol. The highest BCUT2D eigenvalue weighted by Gasteiger charge is 2.57. The molecular formula is C15H26N2O3. The van der Waals surface area contributed by atoms with E-state index < -0.39 is 11.6 Å². The average Bonchev–Trinajstić information content (AvgIpc) is 2.39. The second kappa shape index (κ2) is 4.72. The summed E-state index contributed by atoms with van der Waals surface area (Å²) in [5.74, 6) is -0.0367. The van der Waals surface area contributed by atoms with E-state index in [9.17, 15) is 9.59 Å². The molecule has 1 saturated heterocycles. The van der Waals surface area contributed by atoms with Gasteiger partial charge in [-0.25, -0.2) is 0 Å². The molecule has 1 aliphatic carbocycles. The zero-order chi connectivity index (χ0) is 15.3. The lowest BCUT2D eigenvalue weighted by molar-refractivity contribution is -0.181. The quantitative estimate of drug-likeness (QED) is 0.849. The lowest BCUT2D eigenvalue weighted by Gasteiger charge is -2.59. The molecule has 4 atom stereocenters. The molecule has 1 saturated carbocycles. The molecule has 1 N–H and O–H groups in total. The maximum atomic E-state index is 12.8. The summed E-state index contributed by atoms with van der Waals surface area (Å²) in [4.78, 5) is 26.8. The maximum absolute atomic E-state index is 12.8. The van der Waals surface area contributed by atoms with Crippen LogP contribution in [0.4, 0.5) is 0 Å². The van der Waals surface area contributed by atoms with Crippen molar-refractivity contribution >= 4 is 11.8 Å². The minimum Gasteiger partial charge on any atom is -0.381 e. The summed E-state index contributed by atoms with van der Waals surface area (Å²) < 4.78 is 5.46. The Hall–Kier alpha value is -1.10. The van der Waals surface area contributed by atoms with Crippen LogP contribution in [0.5, 0.6) is 0 Å². The highest BCUT2D eigenvalue weighted by atomic mass is 16.5. The van der Waals surface area contributed by atoms with Gasteiger partial charge in [-0.15, -0.1) is 0 Å². The molecule has 5 nitrogen and oxygen atoms in total. The second-order valence-electron chi connectivity index (χ2n) is 6.86. The standard InChI is InChI=1S/C15H26N2O3/c1-7-15(5)13(19)17(9(2)12(18)16-15)10-8-11(20-6)14(10,3)4/h9-11H,7-8H2,1-6H3,(H,16,18). The zero-order valence-electron chi connectivity index (χ0n) is 13.3. The molecule has 0 aromatic carbocycles. The Balaban J connectivity index is 2.30. The summed E-state index contributed by atoms with van der Waals surface area (Å²) in [5.41, 5.74) is -0.900. The van der Waals surface area contributed by atoms with Gasteiger partial charge in [0.05, 0.1) is 6.10 Å². The minimum atomic E-state index is -0.780. The fraction of sp³-hybridized carbons (Fsp3) is 0.867. The number of nitrogens with one attached hydrogen (secondary N) is 1. The van der Waals surface area contributed by atoms with E-state index in [2.05, 4.69) is 19.2 Å². The first-order valence-corrected chi connectivity index (χ1v) is 7.36. The monoisotopic (exact) mass is 282 g/mol. The van der Waals surface area contributed by atoms with Crippen LogP contribution in [0.3, 0.4) is 0 Å². The molecule has 114 valence electrons. The van der Waals surface area contributed by atoms with Crippen molar-refractivity contribution in [3.05, 3.63) is 0 Å². The van der Waals surface area contributed by atoms with Crippen LogP contribution in [0.2, 0.25) is 0 Å². The van der Waals surface area contributed by atoms with Gasteiger partial charge in [0.15, 0.2) is 0 Å². The number of amides is 2. The third kappa shape index (κ3) is 1.94. The normalized spacial score (nSPS) is 40.3. The summed E-state index contributed by atoms with van der Waals surface area (Å²) in [6.45, 7) is 9.75. The summed E-state index contributed by atoms with van der Waals surface area (Å²) in [7, 11) is 1.70. The number of ether oxygens (including phenoxy) is 1. The molecule has 5 heteroatoms. The average molecular weight is 282 g/mol. The number of piperazine rings is 1. The van der Waals surface area contributed by atoms with E-state index in [4.69, 9.17) is 4.74 Å². The van der Waals surface area contributed by atoms with Gasteiger partial charge in [-0.05, 0) is 26.7 Å². The van der Waals surface area contributed by atoms with Crippen LogP contribution in [0.1, 0.15) is 47.5 Å². The summed E-state index contributed by atoms with van der Waals surface area (Å²) in [6.07, 6.45) is 1.54. The van der Waals surface area contributed by atoms with Crippen molar-refractivity contribution in [3.8, 4) is 0 Å². The fourth-order valence-electron chi connectivity index (χ4n) is 3.40. The number of hydrogen-bond acceptors (Lipinski definition) is 3. The van der Waals surface area contributed by atoms with Crippen molar-refractivity contribution in [3.63, 3.8) is 0 Å². The van der Waals surface area contributed by atoms with E-state index >= 15 is 0 Å². The molecule has 1 aliphatic heterocycles. The van der Waals surface area contributed by atoms with Crippen LogP contribution < -0.4 is 5.32 Å². The van der Waals surface area contributed by atoms with Crippen molar-refractivity contribution in [2.24, 2.45) is 5.41 Å². The first kappa shape index (κ1) is 15.3. The van der Waals surface area contributed by atoms with E-state index in [-0.39, 0.29) is 29.4 Å². The van der Waals surface area contributed by atoms with Gasteiger partial charge in [0.2, 0.25) is 11.8 Å². The minimum absolute atomic E-state index is 0.0275. The van der Waals surface area contributed by atoms with Crippen LogP contribution in [0.15, 0.2) is 0 Å². The third-order valence-electron chi connectivity index (χ3n) is 5.36. The Kier molecular flexibility index (Phi) is 3.61. The number of hydrogen-bond donors (Lipinski definition) is 1. The molecule has 0 aromatic rings. The SMILES string of the molecule is CCC1(C)NC(=O)C(C)N(C2CC(OC)C2(C)C)C1=O. The Morgan fingerprint density at radius 2 is 1.95 bits per heavy atom. The van der Waals surface area contributed by atoms with Crippen molar-refractivity contribution in [1.82, 2.24) is 10.2 Å². The van der Waals surface area contributed by atoms with E-state index in [1.807, 2.05) is 13.8 Å². The molecule has 0 aromatic heterocycles. The van der Waals surface area contributed by atoms with Crippen molar-refractivity contribution < 1.29 is 14.3 Å². The van der Waals surface area contributed by atoms with Crippen molar-refractivity contribution in [2.45, 2.75) is 71.2 Å². The second-order valence-corrected chi connectivity index (χ2v) is 6.86. The summed E-state index contributed by atoms with van der Waals surface area (Å²) in [6, 6.07) is -0.351. The van der Waals surface area contributed by atoms with E-state index in [0.29, 0.717) is 6.42 Å². The topological polar surface area (TPSA) is 58.6 Å². The highest BCUT2D eigenvalue weighted by molar-refractivity contribution is 5.99. The lowest BCUT2D eigenvalue weighted by atomic mass is 9.63. The number of rotatable bonds is 3. The molecule has 20 heavy (non-hydrogen) atoms. The van der Waals surface area contributed by atoms with Crippen LogP contribution in [-0.2, 0) is 14.3 Å². The van der Waals surface area contributed by atoms with E-state index in [1.54, 1.807) is 18.9 Å². The molecule has 2 amide bonds. The predicted octanol–water partition coefficient (Wildman–Crippen LogP) is 1.32. The van der Waals surface area contributed by atoms with Gasteiger partial charge in [0.1, 0.15) is 11.6 Å². The van der Waals surface area contributed by atoms with Crippen molar-refractivity contribution in [1.29, 1.82) is 0 Å². The number of carbonyl (C=O) groups excluding carboxylic acids is 2. The number of nitrogens with zero attached hydrogens (tertiary/aromatic N) is 1. The summed E-state index contributed by atoms with van der Waals surface area (Å²) >= 11 is 0. The Morgan fingerprint density at radius 3 is 2.40 bits per heavy atom. The molecular weight excluding hydrogens is 256 g/mol. The molecule has 0 spiro atoms. The van der Waals surface area contributed by atoms with Gasteiger partial charge < -0.3 is 15.0 Å². The molecule has 1 heterocycles. The van der Waals surface area contributed by atoms with Gasteiger partial charge in [-0.1, -0.05) is 20.8 Å². The van der Waals surface area contributed by atoms with Gasteiger partial charge >= 0.3 is 0 Å². The smallest absolute Gasteiger partial charge is 0.248 e. The largest absolute Gasteiger partial charge is 0.381 e. The third-order valence-corrected chi connectivity index (χ3v) is 5.36. The highest BCUT2D eigenvalue weighted by Crippen LogP contribution is 2.47. The Labute approximate surface area is 121 Å². The Bertz CT molecular complexity index is 435. The molecule has 2 rings (SSSR count). The van der Waals surface area contributed by atoms with Crippen LogP contribution in [0.25, 0.3) is 0 Å². The van der Waals surface area contributed by atoms with Crippen molar-refractivity contribution in [2.75, 3.05) is 7.11 Å². The van der Waals surface area contributed by atoms with Crippen LogP contribution >= 0.6 is 0 Å². The van der Waals surface area contributed by atoms with Crippen LogP contribution in [0, 0.1) is 5.41 Å². The lowest BCUT2D eigenvalue weighted by Crippen LogP contribution is -2.75. The van der Waals surface area contributed by atoms with E-state index in [1.165, 1.54) is 0 Å². The molecule has 4 unspecified atom stereocenters. The van der Waals surface area contributed by atoms with E-state index in [0.717, 1.165) is 6.42 Å². The van der Waals surface area contributed by atoms with Gasteiger partial charge in [0, 0.05) is 18.6 Å². The fourth-order valence-corrected chi connectivity index (χ4v) is 3.40. The first-order chi connectivity index (χ1) is 9.19. The van der Waals surface area contributed by atoms with Gasteiger partial charge in [-0.2, -0.15) is 0 Å². The van der Waals surface area contributed by atoms with Gasteiger partial charge in [0.25, 0.3) is 0 Å². The molecule has 0 radical (unpaired) electrons. The maximum Gasteiger partial charge on any atom is 0.248 e. The Morgan fingerprint density at radius 1 is 1.35 bits per heavy atom. The number of carbonyl (C=O) groups is 2. The number of methoxy groups -OCH3 is 1. The molecule has 2 fully saturated rings. The van der Waals surface area contributed by atoms with Gasteiger partial charge in [-0.3, -0.25) is 9.59 Å². The zero-order valence-corrected chi connectivity index (χ0v) is 13.3. The van der Waals surface area contributed by atoms with Crippen LogP contribution in [-0.4, -0.2) is 47.6 Å². The molecule has 2 aliphatic rings. The molecule has 0 bridgehead atoms.